The number of hydrogen-bond acceptors (Lipinski definition) is 5. The fourth-order valence-electron chi connectivity index (χ4n) is 2.28. The van der Waals surface area contributed by atoms with Crippen molar-refractivity contribution in [2.24, 2.45) is 0 Å². The van der Waals surface area contributed by atoms with Crippen LogP contribution in [0, 0.1) is 0 Å². The van der Waals surface area contributed by atoms with Crippen molar-refractivity contribution in [1.82, 2.24) is 15.0 Å². The number of aromatic amines is 1. The van der Waals surface area contributed by atoms with Crippen LogP contribution in [-0.2, 0) is 16.0 Å². The van der Waals surface area contributed by atoms with Crippen LogP contribution in [0.5, 0.6) is 0 Å². The molecule has 0 spiro atoms. The maximum Gasteiger partial charge on any atom is 0.373 e. The van der Waals surface area contributed by atoms with Gasteiger partial charge in [-0.1, -0.05) is 31.7 Å². The molecule has 7 heteroatoms. The Morgan fingerprint density at radius 3 is 2.75 bits per heavy atom. The van der Waals surface area contributed by atoms with Gasteiger partial charge in [0.15, 0.2) is 0 Å². The average Bonchev–Trinajstić information content (AvgIpc) is 3.00. The third-order valence-electron chi connectivity index (χ3n) is 3.32. The first-order chi connectivity index (χ1) is 11.2. The predicted octanol–water partition coefficient (Wildman–Crippen LogP) is 3.75. The first-order valence-electron chi connectivity index (χ1n) is 7.03. The first-order valence-corrected chi connectivity index (χ1v) is 7.03. The molecule has 2 aromatic heterocycles. The number of aryl methyl sites for hydroxylation is 1. The van der Waals surface area contributed by atoms with E-state index in [1.165, 1.54) is 5.56 Å². The van der Waals surface area contributed by atoms with Gasteiger partial charge in [-0.05, 0) is 29.7 Å². The number of hydrogen-bond donors (Lipinski definition) is 2. The molecule has 0 aliphatic heterocycles. The summed E-state index contributed by atoms with van der Waals surface area (Å²) in [5.74, 6) is 0.828. The minimum absolute atomic E-state index is 0. The monoisotopic (exact) mass is 344 g/mol. The zero-order valence-electron chi connectivity index (χ0n) is 13.1. The van der Waals surface area contributed by atoms with E-state index in [4.69, 9.17) is 9.59 Å². The Labute approximate surface area is 145 Å². The minimum atomic E-state index is 0. The molecule has 6 nitrogen and oxygen atoms in total. The van der Waals surface area contributed by atoms with Crippen LogP contribution >= 0.6 is 12.4 Å². The summed E-state index contributed by atoms with van der Waals surface area (Å²) < 4.78 is 0. The molecule has 3 rings (SSSR count). The van der Waals surface area contributed by atoms with Crippen LogP contribution in [-0.4, -0.2) is 21.1 Å². The quantitative estimate of drug-likeness (QED) is 0.752. The summed E-state index contributed by atoms with van der Waals surface area (Å²) in [5, 5.41) is 4.42. The molecule has 24 heavy (non-hydrogen) atoms. The van der Waals surface area contributed by atoms with E-state index >= 15 is 0 Å². The molecule has 0 atom stereocenters. The lowest BCUT2D eigenvalue weighted by atomic mass is 10.1. The topological polar surface area (TPSA) is 87.7 Å². The molecule has 0 amide bonds. The SMILES string of the molecule is C=Cc1cccc(Nc2ncnc3[nH]cc(CC)c23)c1.Cl.O=C=O. The molecule has 0 aliphatic rings. The Hall–Kier alpha value is -2.95. The number of H-pyrrole nitrogens is 1. The predicted molar refractivity (Wildman–Crippen MR) is 95.3 cm³/mol. The summed E-state index contributed by atoms with van der Waals surface area (Å²) >= 11 is 0. The Morgan fingerprint density at radius 1 is 1.33 bits per heavy atom. The first kappa shape index (κ1) is 19.1. The Kier molecular flexibility index (Phi) is 7.36. The summed E-state index contributed by atoms with van der Waals surface area (Å²) in [6.07, 6.45) is 6.58. The number of anilines is 2. The largest absolute Gasteiger partial charge is 0.373 e. The van der Waals surface area contributed by atoms with E-state index < -0.39 is 0 Å². The summed E-state index contributed by atoms with van der Waals surface area (Å²) in [5.41, 5.74) is 4.14. The zero-order chi connectivity index (χ0) is 16.7. The van der Waals surface area contributed by atoms with Crippen molar-refractivity contribution in [2.45, 2.75) is 13.3 Å². The van der Waals surface area contributed by atoms with Crippen LogP contribution in [0.4, 0.5) is 11.5 Å². The number of nitrogens with zero attached hydrogens (tertiary/aromatic N) is 2. The van der Waals surface area contributed by atoms with Gasteiger partial charge >= 0.3 is 6.15 Å². The van der Waals surface area contributed by atoms with E-state index in [2.05, 4.69) is 33.8 Å². The molecule has 0 saturated carbocycles. The summed E-state index contributed by atoms with van der Waals surface area (Å²) in [6.45, 7) is 5.91. The van der Waals surface area contributed by atoms with Crippen molar-refractivity contribution < 1.29 is 9.59 Å². The van der Waals surface area contributed by atoms with Crippen molar-refractivity contribution >= 4 is 47.2 Å². The highest BCUT2D eigenvalue weighted by Crippen LogP contribution is 2.26. The maximum atomic E-state index is 8.12. The lowest BCUT2D eigenvalue weighted by molar-refractivity contribution is -0.191. The van der Waals surface area contributed by atoms with Gasteiger partial charge in [-0.25, -0.2) is 9.97 Å². The van der Waals surface area contributed by atoms with Crippen molar-refractivity contribution in [3.63, 3.8) is 0 Å². The molecule has 2 N–H and O–H groups in total. The number of aromatic nitrogens is 3. The fraction of sp³-hybridized carbons (Fsp3) is 0.118. The van der Waals surface area contributed by atoms with E-state index in [-0.39, 0.29) is 18.6 Å². The number of nitrogens with one attached hydrogen (secondary N) is 2. The molecule has 124 valence electrons. The number of carbonyl (C=O) groups excluding carboxylic acids is 2. The number of fused-ring (bicyclic) bond motifs is 1. The van der Waals surface area contributed by atoms with Crippen LogP contribution in [0.2, 0.25) is 0 Å². The number of halogens is 1. The van der Waals surface area contributed by atoms with Crippen molar-refractivity contribution in [3.8, 4) is 0 Å². The molecular weight excluding hydrogens is 328 g/mol. The zero-order valence-corrected chi connectivity index (χ0v) is 13.9. The van der Waals surface area contributed by atoms with Gasteiger partial charge in [0, 0.05) is 11.9 Å². The van der Waals surface area contributed by atoms with Crippen LogP contribution in [0.25, 0.3) is 17.1 Å². The van der Waals surface area contributed by atoms with Crippen molar-refractivity contribution in [2.75, 3.05) is 5.32 Å². The molecule has 0 aliphatic carbocycles. The third-order valence-corrected chi connectivity index (χ3v) is 3.32. The number of rotatable bonds is 4. The second-order valence-electron chi connectivity index (χ2n) is 4.65. The Bertz CT molecular complexity index is 855. The standard InChI is InChI=1S/C16H16N4.CO2.ClH/c1-3-11-6-5-7-13(8-11)20-16-14-12(4-2)9-17-15(14)18-10-19-16;2-1-3;/h3,5-10H,1,4H2,2H3,(H2,17,18,19,20);;1H. The lowest BCUT2D eigenvalue weighted by Gasteiger charge is -2.08. The molecule has 2 heterocycles. The number of benzene rings is 1. The molecule has 0 saturated heterocycles. The highest BCUT2D eigenvalue weighted by Gasteiger charge is 2.09. The molecule has 3 aromatic rings. The van der Waals surface area contributed by atoms with Crippen LogP contribution in [0.3, 0.4) is 0 Å². The van der Waals surface area contributed by atoms with Gasteiger partial charge in [0.25, 0.3) is 0 Å². The van der Waals surface area contributed by atoms with Gasteiger partial charge < -0.3 is 10.3 Å². The minimum Gasteiger partial charge on any atom is -0.346 e. The van der Waals surface area contributed by atoms with E-state index in [0.717, 1.165) is 34.5 Å². The summed E-state index contributed by atoms with van der Waals surface area (Å²) in [4.78, 5) is 28.1. The van der Waals surface area contributed by atoms with Crippen LogP contribution in [0.1, 0.15) is 18.1 Å². The van der Waals surface area contributed by atoms with Crippen LogP contribution < -0.4 is 5.32 Å². The lowest BCUT2D eigenvalue weighted by Crippen LogP contribution is -1.96. The normalized spacial score (nSPS) is 9.21. The van der Waals surface area contributed by atoms with Gasteiger partial charge in [-0.3, -0.25) is 0 Å². The molecule has 0 unspecified atom stereocenters. The second kappa shape index (κ2) is 9.25. The highest BCUT2D eigenvalue weighted by atomic mass is 35.5. The second-order valence-corrected chi connectivity index (χ2v) is 4.65. The summed E-state index contributed by atoms with van der Waals surface area (Å²) in [6, 6.07) is 8.07. The van der Waals surface area contributed by atoms with E-state index in [1.54, 1.807) is 6.33 Å². The van der Waals surface area contributed by atoms with Gasteiger partial charge in [-0.2, -0.15) is 9.59 Å². The van der Waals surface area contributed by atoms with Gasteiger partial charge in [0.2, 0.25) is 0 Å². The fourth-order valence-corrected chi connectivity index (χ4v) is 2.28. The Morgan fingerprint density at radius 2 is 2.08 bits per heavy atom. The molecule has 0 bridgehead atoms. The van der Waals surface area contributed by atoms with E-state index in [9.17, 15) is 0 Å². The Balaban J connectivity index is 0.000000671. The molecule has 0 fully saturated rings. The molecular formula is C17H17ClN4O2. The average molecular weight is 345 g/mol. The van der Waals surface area contributed by atoms with E-state index in [0.29, 0.717) is 0 Å². The highest BCUT2D eigenvalue weighted by molar-refractivity contribution is 5.92. The van der Waals surface area contributed by atoms with Crippen LogP contribution in [0.15, 0.2) is 43.4 Å². The van der Waals surface area contributed by atoms with Crippen molar-refractivity contribution in [1.29, 1.82) is 0 Å². The maximum absolute atomic E-state index is 8.12. The van der Waals surface area contributed by atoms with Gasteiger partial charge in [0.1, 0.15) is 17.8 Å². The van der Waals surface area contributed by atoms with Gasteiger partial charge in [-0.15, -0.1) is 12.4 Å². The molecule has 1 aromatic carbocycles. The summed E-state index contributed by atoms with van der Waals surface area (Å²) in [7, 11) is 0. The smallest absolute Gasteiger partial charge is 0.346 e. The van der Waals surface area contributed by atoms with Gasteiger partial charge in [0.05, 0.1) is 5.39 Å². The molecule has 0 radical (unpaired) electrons. The van der Waals surface area contributed by atoms with Crippen molar-refractivity contribution in [3.05, 3.63) is 54.5 Å². The van der Waals surface area contributed by atoms with E-state index in [1.807, 2.05) is 36.5 Å². The third kappa shape index (κ3) is 4.29.